The van der Waals surface area contributed by atoms with Crippen LogP contribution in [0, 0.1) is 5.92 Å². The van der Waals surface area contributed by atoms with Crippen molar-refractivity contribution in [3.63, 3.8) is 0 Å². The molecule has 134 valence electrons. The Kier molecular flexibility index (Phi) is 6.19. The van der Waals surface area contributed by atoms with Crippen molar-refractivity contribution in [3.8, 4) is 0 Å². The number of amides is 2. The summed E-state index contributed by atoms with van der Waals surface area (Å²) in [5.41, 5.74) is 2.35. The predicted octanol–water partition coefficient (Wildman–Crippen LogP) is 3.77. The Morgan fingerprint density at radius 2 is 2.24 bits per heavy atom. The van der Waals surface area contributed by atoms with Gasteiger partial charge in [-0.15, -0.1) is 11.8 Å². The molecule has 0 saturated carbocycles. The molecule has 0 radical (unpaired) electrons. The van der Waals surface area contributed by atoms with Gasteiger partial charge in [0.15, 0.2) is 0 Å². The molecule has 1 N–H and O–H groups in total. The highest BCUT2D eigenvalue weighted by Gasteiger charge is 2.35. The first-order chi connectivity index (χ1) is 12.2. The smallest absolute Gasteiger partial charge is 0.227 e. The molecule has 4 nitrogen and oxygen atoms in total. The van der Waals surface area contributed by atoms with E-state index in [9.17, 15) is 9.59 Å². The van der Waals surface area contributed by atoms with Gasteiger partial charge in [0.05, 0.1) is 5.92 Å². The molecule has 2 aliphatic rings. The lowest BCUT2D eigenvalue weighted by Crippen LogP contribution is -2.33. The molecule has 0 aromatic heterocycles. The van der Waals surface area contributed by atoms with Crippen molar-refractivity contribution >= 4 is 29.3 Å². The number of hydrogen-bond acceptors (Lipinski definition) is 3. The lowest BCUT2D eigenvalue weighted by Gasteiger charge is -2.17. The number of carbonyl (C=O) groups excluding carboxylic acids is 2. The standard InChI is InChI=1S/C20H26N2O2S/c1-25-18-9-5-8-17(13-18)22-14-16(12-19(22)23)20(24)21-11-10-15-6-3-2-4-7-15/h5-6,8-9,13,16H,2-4,7,10-12,14H2,1H3,(H,21,24)/t16-/m0/s1. The summed E-state index contributed by atoms with van der Waals surface area (Å²) in [4.78, 5) is 27.6. The van der Waals surface area contributed by atoms with Crippen LogP contribution in [0.4, 0.5) is 5.69 Å². The quantitative estimate of drug-likeness (QED) is 0.622. The van der Waals surface area contributed by atoms with E-state index in [0.29, 0.717) is 19.5 Å². The zero-order valence-electron chi connectivity index (χ0n) is 14.8. The molecule has 1 atom stereocenters. The molecule has 2 amide bonds. The van der Waals surface area contributed by atoms with Crippen molar-refractivity contribution in [2.75, 3.05) is 24.2 Å². The average Bonchev–Trinajstić information content (AvgIpc) is 3.04. The SMILES string of the molecule is CSc1cccc(N2C[C@@H](C(=O)NCCC3=CCCCC3)CC2=O)c1. The van der Waals surface area contributed by atoms with Crippen LogP contribution in [-0.4, -0.2) is 31.2 Å². The van der Waals surface area contributed by atoms with E-state index < -0.39 is 0 Å². The van der Waals surface area contributed by atoms with Crippen molar-refractivity contribution < 1.29 is 9.59 Å². The number of nitrogens with zero attached hydrogens (tertiary/aromatic N) is 1. The van der Waals surface area contributed by atoms with E-state index in [2.05, 4.69) is 11.4 Å². The Morgan fingerprint density at radius 3 is 3.00 bits per heavy atom. The Hall–Kier alpha value is -1.75. The van der Waals surface area contributed by atoms with E-state index in [-0.39, 0.29) is 17.7 Å². The summed E-state index contributed by atoms with van der Waals surface area (Å²) in [5, 5.41) is 3.02. The van der Waals surface area contributed by atoms with Gasteiger partial charge in [-0.3, -0.25) is 9.59 Å². The molecule has 1 aromatic carbocycles. The number of allylic oxidation sites excluding steroid dienone is 1. The van der Waals surface area contributed by atoms with Crippen LogP contribution in [0.5, 0.6) is 0 Å². The van der Waals surface area contributed by atoms with Crippen LogP contribution < -0.4 is 10.2 Å². The van der Waals surface area contributed by atoms with Gasteiger partial charge in [-0.1, -0.05) is 17.7 Å². The van der Waals surface area contributed by atoms with Crippen molar-refractivity contribution in [3.05, 3.63) is 35.9 Å². The van der Waals surface area contributed by atoms with Crippen molar-refractivity contribution in [1.82, 2.24) is 5.32 Å². The van der Waals surface area contributed by atoms with Gasteiger partial charge < -0.3 is 10.2 Å². The molecule has 0 bridgehead atoms. The molecule has 1 aliphatic heterocycles. The number of rotatable bonds is 6. The van der Waals surface area contributed by atoms with Crippen LogP contribution in [0.2, 0.25) is 0 Å². The van der Waals surface area contributed by atoms with Gasteiger partial charge in [-0.2, -0.15) is 0 Å². The number of thioether (sulfide) groups is 1. The molecule has 1 saturated heterocycles. The van der Waals surface area contributed by atoms with Gasteiger partial charge >= 0.3 is 0 Å². The zero-order chi connectivity index (χ0) is 17.6. The topological polar surface area (TPSA) is 49.4 Å². The second-order valence-corrected chi connectivity index (χ2v) is 7.64. The normalized spacial score (nSPS) is 20.5. The summed E-state index contributed by atoms with van der Waals surface area (Å²) in [7, 11) is 0. The Balaban J connectivity index is 1.52. The molecule has 0 spiro atoms. The fourth-order valence-electron chi connectivity index (χ4n) is 3.53. The molecule has 1 aliphatic carbocycles. The van der Waals surface area contributed by atoms with E-state index in [1.165, 1.54) is 24.8 Å². The summed E-state index contributed by atoms with van der Waals surface area (Å²) >= 11 is 1.65. The number of hydrogen-bond donors (Lipinski definition) is 1. The second-order valence-electron chi connectivity index (χ2n) is 6.76. The number of carbonyl (C=O) groups is 2. The average molecular weight is 359 g/mol. The number of anilines is 1. The van der Waals surface area contributed by atoms with Crippen LogP contribution in [0.1, 0.15) is 38.5 Å². The van der Waals surface area contributed by atoms with Crippen molar-refractivity contribution in [2.24, 2.45) is 5.92 Å². The fourth-order valence-corrected chi connectivity index (χ4v) is 3.99. The Morgan fingerprint density at radius 1 is 1.36 bits per heavy atom. The largest absolute Gasteiger partial charge is 0.355 e. The zero-order valence-corrected chi connectivity index (χ0v) is 15.6. The van der Waals surface area contributed by atoms with Gasteiger partial charge in [0.25, 0.3) is 0 Å². The summed E-state index contributed by atoms with van der Waals surface area (Å²) in [6.07, 6.45) is 10.5. The molecule has 0 unspecified atom stereocenters. The summed E-state index contributed by atoms with van der Waals surface area (Å²) in [5.74, 6) is -0.201. The first-order valence-electron chi connectivity index (χ1n) is 9.07. The monoisotopic (exact) mass is 358 g/mol. The third kappa shape index (κ3) is 4.66. The minimum atomic E-state index is -0.245. The summed E-state index contributed by atoms with van der Waals surface area (Å²) < 4.78 is 0. The third-order valence-corrected chi connectivity index (χ3v) is 5.72. The van der Waals surface area contributed by atoms with Crippen molar-refractivity contribution in [1.29, 1.82) is 0 Å². The minimum Gasteiger partial charge on any atom is -0.355 e. The molecular formula is C20H26N2O2S. The molecule has 1 aromatic rings. The predicted molar refractivity (Wildman–Crippen MR) is 103 cm³/mol. The van der Waals surface area contributed by atoms with Crippen LogP contribution in [0.3, 0.4) is 0 Å². The second kappa shape index (κ2) is 8.56. The number of benzene rings is 1. The van der Waals surface area contributed by atoms with Crippen LogP contribution in [0.25, 0.3) is 0 Å². The van der Waals surface area contributed by atoms with Crippen molar-refractivity contribution in [2.45, 2.75) is 43.4 Å². The van der Waals surface area contributed by atoms with E-state index in [1.807, 2.05) is 30.5 Å². The van der Waals surface area contributed by atoms with Crippen LogP contribution in [0.15, 0.2) is 40.8 Å². The Bertz CT molecular complexity index is 671. The lowest BCUT2D eigenvalue weighted by atomic mass is 9.97. The Labute approximate surface area is 154 Å². The lowest BCUT2D eigenvalue weighted by molar-refractivity contribution is -0.126. The first kappa shape index (κ1) is 18.1. The van der Waals surface area contributed by atoms with E-state index in [1.54, 1.807) is 16.7 Å². The molecule has 25 heavy (non-hydrogen) atoms. The number of nitrogens with one attached hydrogen (secondary N) is 1. The molecule has 5 heteroatoms. The van der Waals surface area contributed by atoms with E-state index in [0.717, 1.165) is 23.4 Å². The van der Waals surface area contributed by atoms with E-state index in [4.69, 9.17) is 0 Å². The van der Waals surface area contributed by atoms with Gasteiger partial charge in [0.1, 0.15) is 0 Å². The van der Waals surface area contributed by atoms with E-state index >= 15 is 0 Å². The fraction of sp³-hybridized carbons (Fsp3) is 0.500. The highest BCUT2D eigenvalue weighted by atomic mass is 32.2. The summed E-state index contributed by atoms with van der Waals surface area (Å²) in [6.45, 7) is 1.16. The third-order valence-electron chi connectivity index (χ3n) is 4.99. The highest BCUT2D eigenvalue weighted by molar-refractivity contribution is 7.98. The van der Waals surface area contributed by atoms with Crippen LogP contribution in [-0.2, 0) is 9.59 Å². The maximum absolute atomic E-state index is 12.4. The first-order valence-corrected chi connectivity index (χ1v) is 10.3. The molecule has 1 heterocycles. The van der Waals surface area contributed by atoms with Crippen LogP contribution >= 0.6 is 11.8 Å². The molecule has 1 fully saturated rings. The molecule has 3 rings (SSSR count). The maximum atomic E-state index is 12.4. The van der Waals surface area contributed by atoms with Gasteiger partial charge in [-0.25, -0.2) is 0 Å². The maximum Gasteiger partial charge on any atom is 0.227 e. The van der Waals surface area contributed by atoms with Gasteiger partial charge in [-0.05, 0) is 56.6 Å². The highest BCUT2D eigenvalue weighted by Crippen LogP contribution is 2.28. The molecular weight excluding hydrogens is 332 g/mol. The van der Waals surface area contributed by atoms with Gasteiger partial charge in [0.2, 0.25) is 11.8 Å². The summed E-state index contributed by atoms with van der Waals surface area (Å²) in [6, 6.07) is 7.93. The van der Waals surface area contributed by atoms with Gasteiger partial charge in [0, 0.05) is 30.1 Å². The minimum absolute atomic E-state index is 0.00767.